The van der Waals surface area contributed by atoms with Gasteiger partial charge in [0, 0.05) is 12.0 Å². The third kappa shape index (κ3) is 2.41. The number of fused-ring (bicyclic) bond motifs is 1. The van der Waals surface area contributed by atoms with Crippen molar-refractivity contribution in [3.05, 3.63) is 57.4 Å². The van der Waals surface area contributed by atoms with Crippen molar-refractivity contribution in [3.63, 3.8) is 0 Å². The number of benzene rings is 1. The fourth-order valence-electron chi connectivity index (χ4n) is 3.05. The number of hydrogen-bond donors (Lipinski definition) is 0. The van der Waals surface area contributed by atoms with Crippen LogP contribution >= 0.6 is 0 Å². The summed E-state index contributed by atoms with van der Waals surface area (Å²) in [6.07, 6.45) is 0.799. The number of ether oxygens (including phenoxy) is 1. The highest BCUT2D eigenvalue weighted by molar-refractivity contribution is 5.73. The van der Waals surface area contributed by atoms with Crippen LogP contribution in [-0.2, 0) is 6.42 Å². The summed E-state index contributed by atoms with van der Waals surface area (Å²) in [7, 11) is 0. The Morgan fingerprint density at radius 2 is 1.55 bits per heavy atom. The van der Waals surface area contributed by atoms with Crippen molar-refractivity contribution in [2.45, 2.75) is 48.0 Å². The lowest BCUT2D eigenvalue weighted by molar-refractivity contribution is 0.406. The SMILES string of the molecule is CC1=C(c2cc(C)c(C)c(C)c2)Cc2nc(C)nc(C)c2O1. The summed E-state index contributed by atoms with van der Waals surface area (Å²) >= 11 is 0. The average molecular weight is 294 g/mol. The zero-order chi connectivity index (χ0) is 16.0. The number of nitrogens with zero attached hydrogens (tertiary/aromatic N) is 2. The molecule has 1 aliphatic heterocycles. The fraction of sp³-hybridized carbons (Fsp3) is 0.368. The predicted octanol–water partition coefficient (Wildman–Crippen LogP) is 4.38. The van der Waals surface area contributed by atoms with Crippen LogP contribution in [0.2, 0.25) is 0 Å². The van der Waals surface area contributed by atoms with Crippen molar-refractivity contribution in [2.75, 3.05) is 0 Å². The summed E-state index contributed by atoms with van der Waals surface area (Å²) in [4.78, 5) is 8.98. The van der Waals surface area contributed by atoms with E-state index in [1.54, 1.807) is 0 Å². The van der Waals surface area contributed by atoms with Crippen molar-refractivity contribution in [3.8, 4) is 5.75 Å². The van der Waals surface area contributed by atoms with E-state index in [9.17, 15) is 0 Å². The third-order valence-electron chi connectivity index (χ3n) is 4.52. The van der Waals surface area contributed by atoms with Crippen molar-refractivity contribution < 1.29 is 4.74 Å². The van der Waals surface area contributed by atoms with Gasteiger partial charge in [0.25, 0.3) is 0 Å². The summed E-state index contributed by atoms with van der Waals surface area (Å²) in [5.41, 5.74) is 8.34. The molecular weight excluding hydrogens is 272 g/mol. The lowest BCUT2D eigenvalue weighted by Crippen LogP contribution is -2.13. The summed E-state index contributed by atoms with van der Waals surface area (Å²) in [6.45, 7) is 12.4. The molecule has 2 aromatic rings. The molecule has 2 heterocycles. The van der Waals surface area contributed by atoms with Crippen LogP contribution in [0.3, 0.4) is 0 Å². The van der Waals surface area contributed by atoms with Crippen molar-refractivity contribution in [2.24, 2.45) is 0 Å². The minimum absolute atomic E-state index is 0.799. The van der Waals surface area contributed by atoms with E-state index in [-0.39, 0.29) is 0 Å². The van der Waals surface area contributed by atoms with Gasteiger partial charge in [-0.25, -0.2) is 9.97 Å². The summed E-state index contributed by atoms with van der Waals surface area (Å²) in [6, 6.07) is 4.49. The molecule has 1 aromatic heterocycles. The minimum atomic E-state index is 0.799. The van der Waals surface area contributed by atoms with Gasteiger partial charge in [0.15, 0.2) is 5.75 Å². The number of aromatic nitrogens is 2. The van der Waals surface area contributed by atoms with Crippen LogP contribution in [-0.4, -0.2) is 9.97 Å². The monoisotopic (exact) mass is 294 g/mol. The molecule has 3 rings (SSSR count). The van der Waals surface area contributed by atoms with Crippen LogP contribution in [0.5, 0.6) is 5.75 Å². The second-order valence-electron chi connectivity index (χ2n) is 6.18. The molecular formula is C19H22N2O. The summed E-state index contributed by atoms with van der Waals surface area (Å²) in [5.74, 6) is 2.58. The van der Waals surface area contributed by atoms with E-state index >= 15 is 0 Å². The molecule has 22 heavy (non-hydrogen) atoms. The van der Waals surface area contributed by atoms with E-state index in [4.69, 9.17) is 4.74 Å². The zero-order valence-electron chi connectivity index (χ0n) is 14.2. The first-order chi connectivity index (χ1) is 10.4. The molecule has 0 N–H and O–H groups in total. The van der Waals surface area contributed by atoms with Gasteiger partial charge in [-0.05, 0) is 63.8 Å². The topological polar surface area (TPSA) is 35.0 Å². The Morgan fingerprint density at radius 1 is 0.909 bits per heavy atom. The molecule has 0 saturated heterocycles. The normalized spacial score (nSPS) is 13.9. The first kappa shape index (κ1) is 14.8. The number of rotatable bonds is 1. The molecule has 0 saturated carbocycles. The number of aryl methyl sites for hydroxylation is 4. The van der Waals surface area contributed by atoms with Crippen LogP contribution in [0, 0.1) is 34.6 Å². The van der Waals surface area contributed by atoms with Gasteiger partial charge in [-0.2, -0.15) is 0 Å². The van der Waals surface area contributed by atoms with Crippen LogP contribution in [0.1, 0.15) is 46.4 Å². The van der Waals surface area contributed by atoms with E-state index in [1.165, 1.54) is 27.8 Å². The van der Waals surface area contributed by atoms with E-state index < -0.39 is 0 Å². The maximum Gasteiger partial charge on any atom is 0.169 e. The molecule has 0 spiro atoms. The van der Waals surface area contributed by atoms with Crippen LogP contribution in [0.25, 0.3) is 5.57 Å². The molecule has 3 nitrogen and oxygen atoms in total. The maximum absolute atomic E-state index is 6.05. The molecule has 0 aliphatic carbocycles. The molecule has 0 amide bonds. The lowest BCUT2D eigenvalue weighted by Gasteiger charge is -2.23. The first-order valence-electron chi connectivity index (χ1n) is 7.66. The highest BCUT2D eigenvalue weighted by Gasteiger charge is 2.23. The van der Waals surface area contributed by atoms with E-state index in [2.05, 4.69) is 42.9 Å². The summed E-state index contributed by atoms with van der Waals surface area (Å²) in [5, 5.41) is 0. The number of hydrogen-bond acceptors (Lipinski definition) is 3. The van der Waals surface area contributed by atoms with Crippen LogP contribution in [0.15, 0.2) is 17.9 Å². The van der Waals surface area contributed by atoms with E-state index in [1.807, 2.05) is 20.8 Å². The Kier molecular flexibility index (Phi) is 3.51. The third-order valence-corrected chi connectivity index (χ3v) is 4.52. The van der Waals surface area contributed by atoms with Crippen molar-refractivity contribution >= 4 is 5.57 Å². The second-order valence-corrected chi connectivity index (χ2v) is 6.18. The highest BCUT2D eigenvalue weighted by Crippen LogP contribution is 2.36. The Morgan fingerprint density at radius 3 is 2.18 bits per heavy atom. The molecule has 1 aliphatic rings. The highest BCUT2D eigenvalue weighted by atomic mass is 16.5. The average Bonchev–Trinajstić information content (AvgIpc) is 2.44. The molecule has 3 heteroatoms. The quantitative estimate of drug-likeness (QED) is 0.782. The van der Waals surface area contributed by atoms with Gasteiger partial charge in [-0.1, -0.05) is 12.1 Å². The van der Waals surface area contributed by atoms with Gasteiger partial charge in [0.05, 0.1) is 11.4 Å². The number of allylic oxidation sites excluding steroid dienone is 2. The molecule has 0 unspecified atom stereocenters. The molecule has 1 aromatic carbocycles. The Labute approximate surface area is 132 Å². The van der Waals surface area contributed by atoms with E-state index in [0.717, 1.165) is 35.1 Å². The van der Waals surface area contributed by atoms with Crippen LogP contribution < -0.4 is 4.74 Å². The minimum Gasteiger partial charge on any atom is -0.458 e. The molecule has 0 atom stereocenters. The molecule has 0 bridgehead atoms. The first-order valence-corrected chi connectivity index (χ1v) is 7.66. The second kappa shape index (κ2) is 5.24. The van der Waals surface area contributed by atoms with Gasteiger partial charge in [-0.3, -0.25) is 0 Å². The van der Waals surface area contributed by atoms with Gasteiger partial charge in [0.1, 0.15) is 11.6 Å². The Balaban J connectivity index is 2.10. The molecule has 0 fully saturated rings. The van der Waals surface area contributed by atoms with Gasteiger partial charge < -0.3 is 4.74 Å². The smallest absolute Gasteiger partial charge is 0.169 e. The van der Waals surface area contributed by atoms with Crippen molar-refractivity contribution in [1.29, 1.82) is 0 Å². The standard InChI is InChI=1S/C19H22N2O/c1-10-7-16(8-11(2)12(10)3)17-9-18-19(22-14(17)5)13(4)20-15(6)21-18/h7-8H,9H2,1-6H3. The van der Waals surface area contributed by atoms with Gasteiger partial charge in [-0.15, -0.1) is 0 Å². The maximum atomic E-state index is 6.05. The summed E-state index contributed by atoms with van der Waals surface area (Å²) < 4.78 is 6.05. The van der Waals surface area contributed by atoms with Gasteiger partial charge >= 0.3 is 0 Å². The zero-order valence-corrected chi connectivity index (χ0v) is 14.2. The van der Waals surface area contributed by atoms with Crippen LogP contribution in [0.4, 0.5) is 0 Å². The molecule has 114 valence electrons. The predicted molar refractivity (Wildman–Crippen MR) is 89.1 cm³/mol. The fourth-order valence-corrected chi connectivity index (χ4v) is 3.05. The van der Waals surface area contributed by atoms with E-state index in [0.29, 0.717) is 0 Å². The van der Waals surface area contributed by atoms with Crippen molar-refractivity contribution in [1.82, 2.24) is 9.97 Å². The molecule has 0 radical (unpaired) electrons. The largest absolute Gasteiger partial charge is 0.458 e. The lowest BCUT2D eigenvalue weighted by atomic mass is 9.92. The van der Waals surface area contributed by atoms with Gasteiger partial charge in [0.2, 0.25) is 0 Å². The Bertz CT molecular complexity index is 780. The Hall–Kier alpha value is -2.16.